The van der Waals surface area contributed by atoms with Crippen molar-refractivity contribution in [2.24, 2.45) is 11.8 Å². The van der Waals surface area contributed by atoms with E-state index in [1.54, 1.807) is 6.92 Å². The summed E-state index contributed by atoms with van der Waals surface area (Å²) < 4.78 is 24.9. The fraction of sp³-hybridized carbons (Fsp3) is 0.467. The predicted octanol–water partition coefficient (Wildman–Crippen LogP) is 2.04. The smallest absolute Gasteiger partial charge is 0.252 e. The second-order valence-corrected chi connectivity index (χ2v) is 8.32. The Morgan fingerprint density at radius 1 is 1.43 bits per heavy atom. The molecule has 1 aromatic carbocycles. The maximum Gasteiger partial charge on any atom is 0.252 e. The number of nitrogens with one attached hydrogen (secondary N) is 1. The van der Waals surface area contributed by atoms with Crippen molar-refractivity contribution in [1.29, 1.82) is 0 Å². The van der Waals surface area contributed by atoms with Gasteiger partial charge in [0, 0.05) is 6.54 Å². The molecule has 1 aliphatic heterocycles. The Kier molecular flexibility index (Phi) is 5.01. The van der Waals surface area contributed by atoms with Crippen LogP contribution in [-0.2, 0) is 14.8 Å². The number of halogens is 1. The Labute approximate surface area is 140 Å². The molecule has 0 aliphatic carbocycles. The lowest BCUT2D eigenvalue weighted by molar-refractivity contribution is -0.119. The molecule has 1 atom stereocenters. The van der Waals surface area contributed by atoms with Gasteiger partial charge in [-0.15, -0.1) is 0 Å². The van der Waals surface area contributed by atoms with Gasteiger partial charge in [-0.05, 0) is 24.1 Å². The fourth-order valence-electron chi connectivity index (χ4n) is 2.29. The number of hydrogen-bond donors (Lipinski definition) is 1. The quantitative estimate of drug-likeness (QED) is 0.892. The zero-order chi connectivity index (χ0) is 17.4. The largest absolute Gasteiger partial charge is 0.352 e. The summed E-state index contributed by atoms with van der Waals surface area (Å²) in [6.07, 6.45) is 0. The number of benzene rings is 1. The Morgan fingerprint density at radius 3 is 2.57 bits per heavy atom. The normalized spacial score (nSPS) is 20.1. The molecule has 0 unspecified atom stereocenters. The summed E-state index contributed by atoms with van der Waals surface area (Å²) in [5, 5.41) is 2.84. The van der Waals surface area contributed by atoms with Crippen LogP contribution < -0.4 is 9.62 Å². The average molecular weight is 359 g/mol. The summed E-state index contributed by atoms with van der Waals surface area (Å²) >= 11 is 6.10. The molecular weight excluding hydrogens is 340 g/mol. The van der Waals surface area contributed by atoms with Gasteiger partial charge < -0.3 is 5.32 Å². The third kappa shape index (κ3) is 3.67. The number of sulfonamides is 1. The zero-order valence-corrected chi connectivity index (χ0v) is 14.7. The fourth-order valence-corrected chi connectivity index (χ4v) is 4.37. The lowest BCUT2D eigenvalue weighted by Crippen LogP contribution is -2.30. The van der Waals surface area contributed by atoms with Crippen LogP contribution >= 0.6 is 11.6 Å². The van der Waals surface area contributed by atoms with Crippen LogP contribution in [0.5, 0.6) is 0 Å². The number of nitrogens with zero attached hydrogens (tertiary/aromatic N) is 1. The van der Waals surface area contributed by atoms with Crippen molar-refractivity contribution in [2.75, 3.05) is 16.6 Å². The van der Waals surface area contributed by atoms with E-state index in [-0.39, 0.29) is 27.9 Å². The maximum absolute atomic E-state index is 12.1. The molecule has 23 heavy (non-hydrogen) atoms. The highest BCUT2D eigenvalue weighted by Crippen LogP contribution is 2.31. The predicted molar refractivity (Wildman–Crippen MR) is 89.1 cm³/mol. The van der Waals surface area contributed by atoms with Gasteiger partial charge in [-0.25, -0.2) is 12.7 Å². The van der Waals surface area contributed by atoms with Gasteiger partial charge in [-0.1, -0.05) is 32.4 Å². The van der Waals surface area contributed by atoms with Crippen LogP contribution in [0.1, 0.15) is 31.1 Å². The van der Waals surface area contributed by atoms with Gasteiger partial charge in [0.15, 0.2) is 0 Å². The van der Waals surface area contributed by atoms with E-state index in [0.717, 1.165) is 4.31 Å². The highest BCUT2D eigenvalue weighted by molar-refractivity contribution is 7.94. The molecule has 1 saturated heterocycles. The first kappa shape index (κ1) is 17.7. The van der Waals surface area contributed by atoms with E-state index in [4.69, 9.17) is 11.6 Å². The number of amides is 2. The minimum Gasteiger partial charge on any atom is -0.352 e. The molecule has 1 aromatic rings. The van der Waals surface area contributed by atoms with Crippen molar-refractivity contribution in [1.82, 2.24) is 5.32 Å². The van der Waals surface area contributed by atoms with Gasteiger partial charge in [0.05, 0.1) is 27.9 Å². The minimum absolute atomic E-state index is 0.103. The number of carbonyl (C=O) groups excluding carboxylic acids is 2. The molecule has 6 nitrogen and oxygen atoms in total. The minimum atomic E-state index is -3.69. The van der Waals surface area contributed by atoms with Crippen molar-refractivity contribution < 1.29 is 18.0 Å². The molecule has 0 radical (unpaired) electrons. The third-order valence-electron chi connectivity index (χ3n) is 3.46. The molecule has 2 amide bonds. The van der Waals surface area contributed by atoms with Crippen LogP contribution in [0.15, 0.2) is 18.2 Å². The first-order valence-electron chi connectivity index (χ1n) is 7.28. The molecule has 2 rings (SSSR count). The molecule has 1 aliphatic rings. The molecule has 1 N–H and O–H groups in total. The molecule has 1 heterocycles. The van der Waals surface area contributed by atoms with Gasteiger partial charge in [0.2, 0.25) is 15.9 Å². The number of rotatable bonds is 4. The molecule has 0 bridgehead atoms. The van der Waals surface area contributed by atoms with Crippen molar-refractivity contribution in [3.05, 3.63) is 28.8 Å². The van der Waals surface area contributed by atoms with E-state index in [1.165, 1.54) is 18.2 Å². The first-order valence-corrected chi connectivity index (χ1v) is 9.26. The van der Waals surface area contributed by atoms with E-state index in [0.29, 0.717) is 12.5 Å². The summed E-state index contributed by atoms with van der Waals surface area (Å²) in [5.74, 6) is -1.34. The molecule has 0 saturated carbocycles. The van der Waals surface area contributed by atoms with Crippen molar-refractivity contribution in [2.45, 2.75) is 20.8 Å². The Balaban J connectivity index is 2.29. The van der Waals surface area contributed by atoms with E-state index in [9.17, 15) is 18.0 Å². The van der Waals surface area contributed by atoms with E-state index in [2.05, 4.69) is 5.32 Å². The highest BCUT2D eigenvalue weighted by Gasteiger charge is 2.42. The van der Waals surface area contributed by atoms with Gasteiger partial charge in [0.25, 0.3) is 5.91 Å². The third-order valence-corrected chi connectivity index (χ3v) is 5.64. The van der Waals surface area contributed by atoms with E-state index < -0.39 is 21.8 Å². The van der Waals surface area contributed by atoms with Crippen LogP contribution in [0.25, 0.3) is 0 Å². The van der Waals surface area contributed by atoms with Crippen LogP contribution in [0.4, 0.5) is 5.69 Å². The van der Waals surface area contributed by atoms with E-state index >= 15 is 0 Å². The molecule has 1 fully saturated rings. The monoisotopic (exact) mass is 358 g/mol. The zero-order valence-electron chi connectivity index (χ0n) is 13.2. The average Bonchev–Trinajstić information content (AvgIpc) is 2.64. The SMILES string of the molecule is CC(C)CNC(=O)c1ccc(N2C(=O)[C@H](C)CS2(=O)=O)cc1Cl. The Morgan fingerprint density at radius 2 is 2.09 bits per heavy atom. The van der Waals surface area contributed by atoms with Crippen LogP contribution in [-0.4, -0.2) is 32.5 Å². The number of anilines is 1. The topological polar surface area (TPSA) is 83.6 Å². The summed E-state index contributed by atoms with van der Waals surface area (Å²) in [5.41, 5.74) is 0.401. The molecule has 126 valence electrons. The standard InChI is InChI=1S/C15H19ClN2O4S/c1-9(2)7-17-14(19)12-5-4-11(6-13(12)16)18-15(20)10(3)8-23(18,21)22/h4-6,9-10H,7-8H2,1-3H3,(H,17,19)/t10-/m1/s1. The van der Waals surface area contributed by atoms with Crippen LogP contribution in [0.3, 0.4) is 0 Å². The number of hydrogen-bond acceptors (Lipinski definition) is 4. The van der Waals surface area contributed by atoms with Crippen LogP contribution in [0.2, 0.25) is 5.02 Å². The van der Waals surface area contributed by atoms with E-state index in [1.807, 2.05) is 13.8 Å². The van der Waals surface area contributed by atoms with Crippen molar-refractivity contribution in [3.8, 4) is 0 Å². The van der Waals surface area contributed by atoms with Crippen LogP contribution in [0, 0.1) is 11.8 Å². The van der Waals surface area contributed by atoms with Gasteiger partial charge in [-0.2, -0.15) is 0 Å². The van der Waals surface area contributed by atoms with Crippen molar-refractivity contribution in [3.63, 3.8) is 0 Å². The molecule has 8 heteroatoms. The first-order chi connectivity index (χ1) is 10.6. The van der Waals surface area contributed by atoms with Gasteiger partial charge in [0.1, 0.15) is 0 Å². The lowest BCUT2D eigenvalue weighted by atomic mass is 10.1. The Bertz CT molecular complexity index is 746. The second-order valence-electron chi connectivity index (χ2n) is 6.05. The summed E-state index contributed by atoms with van der Waals surface area (Å²) in [4.78, 5) is 24.1. The lowest BCUT2D eigenvalue weighted by Gasteiger charge is -2.16. The summed E-state index contributed by atoms with van der Waals surface area (Å²) in [6, 6.07) is 4.18. The molecular formula is C15H19ClN2O4S. The number of carbonyl (C=O) groups is 2. The summed E-state index contributed by atoms with van der Waals surface area (Å²) in [6.45, 7) is 6.01. The Hall–Kier alpha value is -1.60. The second kappa shape index (κ2) is 6.49. The van der Waals surface area contributed by atoms with Gasteiger partial charge >= 0.3 is 0 Å². The summed E-state index contributed by atoms with van der Waals surface area (Å²) in [7, 11) is -3.69. The highest BCUT2D eigenvalue weighted by atomic mass is 35.5. The molecule has 0 spiro atoms. The van der Waals surface area contributed by atoms with Gasteiger partial charge in [-0.3, -0.25) is 9.59 Å². The van der Waals surface area contributed by atoms with Crippen molar-refractivity contribution >= 4 is 39.1 Å². The molecule has 0 aromatic heterocycles. The maximum atomic E-state index is 12.1.